The van der Waals surface area contributed by atoms with Gasteiger partial charge in [0, 0.05) is 12.2 Å². The van der Waals surface area contributed by atoms with Crippen molar-refractivity contribution in [2.45, 2.75) is 39.2 Å². The van der Waals surface area contributed by atoms with Gasteiger partial charge in [-0.3, -0.25) is 4.57 Å². The predicted octanol–water partition coefficient (Wildman–Crippen LogP) is 2.68. The molecule has 4 nitrogen and oxygen atoms in total. The molecular formula is C13H18N4. The molecule has 1 fully saturated rings. The van der Waals surface area contributed by atoms with Crippen molar-refractivity contribution in [3.8, 4) is 0 Å². The Morgan fingerprint density at radius 3 is 3.12 bits per heavy atom. The fourth-order valence-electron chi connectivity index (χ4n) is 2.68. The van der Waals surface area contributed by atoms with Crippen LogP contribution in [0.3, 0.4) is 0 Å². The van der Waals surface area contributed by atoms with E-state index >= 15 is 0 Å². The van der Waals surface area contributed by atoms with E-state index in [0.29, 0.717) is 12.0 Å². The number of anilines is 1. The predicted molar refractivity (Wildman–Crippen MR) is 68.7 cm³/mol. The lowest BCUT2D eigenvalue weighted by atomic mass is 10.2. The first kappa shape index (κ1) is 10.6. The van der Waals surface area contributed by atoms with E-state index in [2.05, 4.69) is 28.4 Å². The number of nitrogen functional groups attached to an aromatic ring is 1. The van der Waals surface area contributed by atoms with Crippen molar-refractivity contribution in [2.24, 2.45) is 5.92 Å². The quantitative estimate of drug-likeness (QED) is 0.882. The fourth-order valence-corrected chi connectivity index (χ4v) is 2.68. The molecule has 2 aromatic rings. The molecule has 3 rings (SSSR count). The number of hydrogen-bond acceptors (Lipinski definition) is 3. The SMILES string of the molecule is CCCC1CC1n1c(N)nc2c(C)ccnc21. The third-order valence-electron chi connectivity index (χ3n) is 3.68. The van der Waals surface area contributed by atoms with Crippen molar-refractivity contribution in [2.75, 3.05) is 5.73 Å². The fraction of sp³-hybridized carbons (Fsp3) is 0.538. The molecule has 17 heavy (non-hydrogen) atoms. The van der Waals surface area contributed by atoms with E-state index in [1.165, 1.54) is 19.3 Å². The molecule has 1 saturated carbocycles. The van der Waals surface area contributed by atoms with E-state index in [-0.39, 0.29) is 0 Å². The zero-order valence-electron chi connectivity index (χ0n) is 10.3. The summed E-state index contributed by atoms with van der Waals surface area (Å²) in [4.78, 5) is 8.89. The molecule has 0 aliphatic heterocycles. The minimum absolute atomic E-state index is 0.522. The number of aromatic nitrogens is 3. The van der Waals surface area contributed by atoms with Gasteiger partial charge in [-0.1, -0.05) is 13.3 Å². The summed E-state index contributed by atoms with van der Waals surface area (Å²) in [5, 5.41) is 0. The Kier molecular flexibility index (Phi) is 2.31. The molecule has 0 aromatic carbocycles. The lowest BCUT2D eigenvalue weighted by Gasteiger charge is -2.04. The highest BCUT2D eigenvalue weighted by Gasteiger charge is 2.39. The van der Waals surface area contributed by atoms with Gasteiger partial charge in [-0.05, 0) is 37.3 Å². The van der Waals surface area contributed by atoms with Gasteiger partial charge in [-0.25, -0.2) is 9.97 Å². The minimum atomic E-state index is 0.522. The Labute approximate surface area is 101 Å². The van der Waals surface area contributed by atoms with Crippen molar-refractivity contribution >= 4 is 17.1 Å². The van der Waals surface area contributed by atoms with Crippen LogP contribution in [0.2, 0.25) is 0 Å². The maximum Gasteiger partial charge on any atom is 0.202 e. The highest BCUT2D eigenvalue weighted by Crippen LogP contribution is 2.48. The van der Waals surface area contributed by atoms with E-state index in [4.69, 9.17) is 5.73 Å². The van der Waals surface area contributed by atoms with E-state index in [1.54, 1.807) is 0 Å². The summed E-state index contributed by atoms with van der Waals surface area (Å²) in [6.45, 7) is 4.28. The van der Waals surface area contributed by atoms with Crippen LogP contribution in [0.4, 0.5) is 5.95 Å². The molecule has 0 saturated heterocycles. The van der Waals surface area contributed by atoms with Crippen LogP contribution >= 0.6 is 0 Å². The molecule has 2 atom stereocenters. The first-order valence-electron chi connectivity index (χ1n) is 6.31. The van der Waals surface area contributed by atoms with Gasteiger partial charge in [-0.15, -0.1) is 0 Å². The van der Waals surface area contributed by atoms with Crippen molar-refractivity contribution < 1.29 is 0 Å². The van der Waals surface area contributed by atoms with E-state index in [0.717, 1.165) is 22.6 Å². The van der Waals surface area contributed by atoms with Gasteiger partial charge in [-0.2, -0.15) is 0 Å². The van der Waals surface area contributed by atoms with Gasteiger partial charge in [0.2, 0.25) is 5.95 Å². The Hall–Kier alpha value is -1.58. The number of rotatable bonds is 3. The lowest BCUT2D eigenvalue weighted by Crippen LogP contribution is -2.03. The molecule has 2 aromatic heterocycles. The summed E-state index contributed by atoms with van der Waals surface area (Å²) in [5.41, 5.74) is 9.08. The molecule has 2 unspecified atom stereocenters. The number of imidazole rings is 1. The molecule has 0 radical (unpaired) electrons. The van der Waals surface area contributed by atoms with Crippen LogP contribution < -0.4 is 5.73 Å². The molecule has 0 amide bonds. The molecule has 2 N–H and O–H groups in total. The van der Waals surface area contributed by atoms with Gasteiger partial charge >= 0.3 is 0 Å². The second-order valence-electron chi connectivity index (χ2n) is 4.99. The molecule has 1 aliphatic rings. The number of hydrogen-bond donors (Lipinski definition) is 1. The number of fused-ring (bicyclic) bond motifs is 1. The van der Waals surface area contributed by atoms with Crippen LogP contribution in [0.15, 0.2) is 12.3 Å². The number of nitrogens with zero attached hydrogens (tertiary/aromatic N) is 3. The third kappa shape index (κ3) is 1.59. The normalized spacial score (nSPS) is 23.2. The Balaban J connectivity index is 2.05. The second-order valence-corrected chi connectivity index (χ2v) is 4.99. The Bertz CT molecular complexity index is 558. The van der Waals surface area contributed by atoms with Crippen molar-refractivity contribution in [1.82, 2.24) is 14.5 Å². The zero-order chi connectivity index (χ0) is 12.0. The molecule has 0 bridgehead atoms. The monoisotopic (exact) mass is 230 g/mol. The van der Waals surface area contributed by atoms with Crippen LogP contribution in [-0.4, -0.2) is 14.5 Å². The van der Waals surface area contributed by atoms with Crippen LogP contribution in [0.1, 0.15) is 37.8 Å². The van der Waals surface area contributed by atoms with Gasteiger partial charge in [0.15, 0.2) is 5.65 Å². The second kappa shape index (κ2) is 3.72. The van der Waals surface area contributed by atoms with Crippen LogP contribution in [0.5, 0.6) is 0 Å². The molecule has 0 spiro atoms. The molecule has 4 heteroatoms. The highest BCUT2D eigenvalue weighted by atomic mass is 15.2. The van der Waals surface area contributed by atoms with Crippen LogP contribution in [0, 0.1) is 12.8 Å². The van der Waals surface area contributed by atoms with Crippen molar-refractivity contribution in [1.29, 1.82) is 0 Å². The maximum atomic E-state index is 6.03. The van der Waals surface area contributed by atoms with Crippen molar-refractivity contribution in [3.63, 3.8) is 0 Å². The summed E-state index contributed by atoms with van der Waals surface area (Å²) < 4.78 is 2.13. The maximum absolute atomic E-state index is 6.03. The largest absolute Gasteiger partial charge is 0.369 e. The average molecular weight is 230 g/mol. The minimum Gasteiger partial charge on any atom is -0.369 e. The van der Waals surface area contributed by atoms with Gasteiger partial charge < -0.3 is 5.73 Å². The molecular weight excluding hydrogens is 212 g/mol. The Morgan fingerprint density at radius 1 is 1.53 bits per heavy atom. The first-order chi connectivity index (χ1) is 8.22. The summed E-state index contributed by atoms with van der Waals surface area (Å²) in [5.74, 6) is 1.38. The summed E-state index contributed by atoms with van der Waals surface area (Å²) in [7, 11) is 0. The average Bonchev–Trinajstić information content (AvgIpc) is 2.94. The molecule has 2 heterocycles. The van der Waals surface area contributed by atoms with E-state index in [9.17, 15) is 0 Å². The lowest BCUT2D eigenvalue weighted by molar-refractivity contribution is 0.619. The number of pyridine rings is 1. The highest BCUT2D eigenvalue weighted by molar-refractivity contribution is 5.77. The van der Waals surface area contributed by atoms with Crippen LogP contribution in [0.25, 0.3) is 11.2 Å². The topological polar surface area (TPSA) is 56.7 Å². The smallest absolute Gasteiger partial charge is 0.202 e. The zero-order valence-corrected chi connectivity index (χ0v) is 10.3. The van der Waals surface area contributed by atoms with Gasteiger partial charge in [0.1, 0.15) is 5.52 Å². The Morgan fingerprint density at radius 2 is 2.35 bits per heavy atom. The molecule has 1 aliphatic carbocycles. The third-order valence-corrected chi connectivity index (χ3v) is 3.68. The van der Waals surface area contributed by atoms with Gasteiger partial charge in [0.25, 0.3) is 0 Å². The summed E-state index contributed by atoms with van der Waals surface area (Å²) >= 11 is 0. The van der Waals surface area contributed by atoms with E-state index in [1.807, 2.05) is 12.3 Å². The number of aryl methyl sites for hydroxylation is 1. The standard InChI is InChI=1S/C13H18N4/c1-3-4-9-7-10(9)17-12-11(16-13(17)14)8(2)5-6-15-12/h5-6,9-10H,3-4,7H2,1-2H3,(H2,14,16). The van der Waals surface area contributed by atoms with Gasteiger partial charge in [0.05, 0.1) is 0 Å². The first-order valence-corrected chi connectivity index (χ1v) is 6.31. The summed E-state index contributed by atoms with van der Waals surface area (Å²) in [6.07, 6.45) is 5.57. The molecule has 90 valence electrons. The summed E-state index contributed by atoms with van der Waals surface area (Å²) in [6, 6.07) is 2.50. The van der Waals surface area contributed by atoms with E-state index < -0.39 is 0 Å². The van der Waals surface area contributed by atoms with Crippen LogP contribution in [-0.2, 0) is 0 Å². The number of nitrogens with two attached hydrogens (primary N) is 1. The van der Waals surface area contributed by atoms with Crippen molar-refractivity contribution in [3.05, 3.63) is 17.8 Å².